The van der Waals surface area contributed by atoms with Crippen LogP contribution in [0.15, 0.2) is 42.5 Å². The first-order valence-corrected chi connectivity index (χ1v) is 12.6. The second kappa shape index (κ2) is 12.0. The van der Waals surface area contributed by atoms with Crippen LogP contribution in [0.25, 0.3) is 0 Å². The number of nitro groups is 1. The smallest absolute Gasteiger partial charge is 0.293 e. The molecule has 4 rings (SSSR count). The predicted molar refractivity (Wildman–Crippen MR) is 145 cm³/mol. The van der Waals surface area contributed by atoms with E-state index in [1.54, 1.807) is 12.1 Å². The number of anilines is 3. The van der Waals surface area contributed by atoms with Gasteiger partial charge in [0.05, 0.1) is 29.5 Å². The molecule has 0 radical (unpaired) electrons. The summed E-state index contributed by atoms with van der Waals surface area (Å²) in [5.41, 5.74) is 2.09. The van der Waals surface area contributed by atoms with Crippen LogP contribution in [-0.2, 0) is 9.53 Å². The molecule has 2 aliphatic heterocycles. The van der Waals surface area contributed by atoms with Gasteiger partial charge < -0.3 is 24.8 Å². The molecule has 0 atom stereocenters. The van der Waals surface area contributed by atoms with Gasteiger partial charge in [0.25, 0.3) is 11.6 Å². The Morgan fingerprint density at radius 2 is 1.68 bits per heavy atom. The van der Waals surface area contributed by atoms with Gasteiger partial charge in [0.15, 0.2) is 5.11 Å². The first kappa shape index (κ1) is 26.3. The van der Waals surface area contributed by atoms with Gasteiger partial charge in [0.2, 0.25) is 5.91 Å². The number of rotatable bonds is 6. The molecular formula is C25H30N6O5S. The zero-order valence-electron chi connectivity index (χ0n) is 20.6. The number of morpholine rings is 1. The number of benzene rings is 2. The van der Waals surface area contributed by atoms with Gasteiger partial charge in [-0.3, -0.25) is 25.0 Å². The van der Waals surface area contributed by atoms with E-state index in [-0.39, 0.29) is 22.3 Å². The highest BCUT2D eigenvalue weighted by Crippen LogP contribution is 2.30. The van der Waals surface area contributed by atoms with E-state index in [0.29, 0.717) is 64.6 Å². The van der Waals surface area contributed by atoms with Gasteiger partial charge in [-0.2, -0.15) is 0 Å². The molecule has 0 unspecified atom stereocenters. The van der Waals surface area contributed by atoms with E-state index in [4.69, 9.17) is 17.0 Å². The highest BCUT2D eigenvalue weighted by molar-refractivity contribution is 7.80. The van der Waals surface area contributed by atoms with Gasteiger partial charge in [-0.25, -0.2) is 0 Å². The molecule has 37 heavy (non-hydrogen) atoms. The molecule has 0 saturated carbocycles. The topological polar surface area (TPSA) is 120 Å². The number of carbonyl (C=O) groups is 2. The maximum atomic E-state index is 12.9. The number of ether oxygens (including phenoxy) is 1. The third-order valence-electron chi connectivity index (χ3n) is 6.44. The lowest BCUT2D eigenvalue weighted by atomic mass is 10.1. The second-order valence-electron chi connectivity index (χ2n) is 8.71. The molecule has 12 heteroatoms. The molecule has 0 bridgehead atoms. The zero-order valence-corrected chi connectivity index (χ0v) is 21.5. The Labute approximate surface area is 220 Å². The van der Waals surface area contributed by atoms with E-state index in [0.717, 1.165) is 11.4 Å². The highest BCUT2D eigenvalue weighted by atomic mass is 32.1. The van der Waals surface area contributed by atoms with Gasteiger partial charge in [-0.15, -0.1) is 0 Å². The summed E-state index contributed by atoms with van der Waals surface area (Å²) in [6, 6.07) is 12.0. The third-order valence-corrected chi connectivity index (χ3v) is 6.65. The van der Waals surface area contributed by atoms with Gasteiger partial charge in [-0.1, -0.05) is 19.1 Å². The maximum Gasteiger partial charge on any atom is 0.293 e. The van der Waals surface area contributed by atoms with E-state index in [1.165, 1.54) is 6.07 Å². The summed E-state index contributed by atoms with van der Waals surface area (Å²) in [7, 11) is 0. The standard InChI is InChI=1S/C25H30N6O5S/c1-2-23(32)30-11-9-28(10-12-30)20-6-4-3-5-19(20)26-25(37)27-24(33)18-7-8-21(22(17-18)31(34)35)29-13-15-36-16-14-29/h3-8,17H,2,9-16H2,1H3,(H2,26,27,33,37). The van der Waals surface area contributed by atoms with Crippen molar-refractivity contribution in [3.63, 3.8) is 0 Å². The SMILES string of the molecule is CCC(=O)N1CCN(c2ccccc2NC(=S)NC(=O)c2ccc(N3CCOCC3)c([N+](=O)[O-])c2)CC1. The normalized spacial score (nSPS) is 15.8. The molecule has 2 aromatic carbocycles. The van der Waals surface area contributed by atoms with E-state index < -0.39 is 10.8 Å². The summed E-state index contributed by atoms with van der Waals surface area (Å²) >= 11 is 5.38. The number of thiocarbonyl (C=S) groups is 1. The molecule has 2 amide bonds. The third kappa shape index (κ3) is 6.33. The van der Waals surface area contributed by atoms with Crippen LogP contribution in [0.5, 0.6) is 0 Å². The Kier molecular flexibility index (Phi) is 8.51. The molecular weight excluding hydrogens is 496 g/mol. The number of nitrogens with zero attached hydrogens (tertiary/aromatic N) is 4. The summed E-state index contributed by atoms with van der Waals surface area (Å²) < 4.78 is 5.33. The van der Waals surface area contributed by atoms with Crippen molar-refractivity contribution >= 4 is 51.9 Å². The molecule has 2 aliphatic rings. The Hall–Kier alpha value is -3.77. The minimum absolute atomic E-state index is 0.0807. The van der Waals surface area contributed by atoms with E-state index >= 15 is 0 Å². The fourth-order valence-corrected chi connectivity index (χ4v) is 4.69. The van der Waals surface area contributed by atoms with E-state index in [1.807, 2.05) is 41.0 Å². The molecule has 11 nitrogen and oxygen atoms in total. The lowest BCUT2D eigenvalue weighted by molar-refractivity contribution is -0.384. The van der Waals surface area contributed by atoms with Crippen LogP contribution >= 0.6 is 12.2 Å². The zero-order chi connectivity index (χ0) is 26.4. The molecule has 2 aromatic rings. The van der Waals surface area contributed by atoms with Crippen LogP contribution in [0, 0.1) is 10.1 Å². The molecule has 196 valence electrons. The van der Waals surface area contributed by atoms with Crippen molar-refractivity contribution in [3.05, 3.63) is 58.1 Å². The number of nitrogens with one attached hydrogen (secondary N) is 2. The number of para-hydroxylation sites is 2. The largest absolute Gasteiger partial charge is 0.378 e. The van der Waals surface area contributed by atoms with Crippen molar-refractivity contribution in [2.45, 2.75) is 13.3 Å². The highest BCUT2D eigenvalue weighted by Gasteiger charge is 2.24. The Bertz CT molecular complexity index is 1180. The minimum Gasteiger partial charge on any atom is -0.378 e. The fraction of sp³-hybridized carbons (Fsp3) is 0.400. The molecule has 0 aliphatic carbocycles. The van der Waals surface area contributed by atoms with Crippen molar-refractivity contribution in [2.75, 3.05) is 67.6 Å². The van der Waals surface area contributed by atoms with E-state index in [9.17, 15) is 19.7 Å². The number of amides is 2. The van der Waals surface area contributed by atoms with Crippen LogP contribution in [0.4, 0.5) is 22.7 Å². The summed E-state index contributed by atoms with van der Waals surface area (Å²) in [5.74, 6) is -0.397. The first-order chi connectivity index (χ1) is 17.9. The first-order valence-electron chi connectivity index (χ1n) is 12.2. The second-order valence-corrected chi connectivity index (χ2v) is 9.12. The lowest BCUT2D eigenvalue weighted by Crippen LogP contribution is -2.48. The van der Waals surface area contributed by atoms with Crippen LogP contribution < -0.4 is 20.4 Å². The quantitative estimate of drug-likeness (QED) is 0.332. The molecule has 2 N–H and O–H groups in total. The molecule has 0 spiro atoms. The molecule has 2 fully saturated rings. The number of hydrogen-bond acceptors (Lipinski definition) is 8. The summed E-state index contributed by atoms with van der Waals surface area (Å²) in [6.45, 7) is 6.59. The van der Waals surface area contributed by atoms with Crippen LogP contribution in [0.1, 0.15) is 23.7 Å². The Morgan fingerprint density at radius 1 is 1.00 bits per heavy atom. The van der Waals surface area contributed by atoms with Gasteiger partial charge in [0.1, 0.15) is 5.69 Å². The van der Waals surface area contributed by atoms with Crippen LogP contribution in [0.2, 0.25) is 0 Å². The number of nitro benzene ring substituents is 1. The monoisotopic (exact) mass is 526 g/mol. The van der Waals surface area contributed by atoms with Gasteiger partial charge in [-0.05, 0) is 36.5 Å². The number of hydrogen-bond donors (Lipinski definition) is 2. The summed E-state index contributed by atoms with van der Waals surface area (Å²) in [5, 5.41) is 17.5. The predicted octanol–water partition coefficient (Wildman–Crippen LogP) is 2.62. The van der Waals surface area contributed by atoms with E-state index in [2.05, 4.69) is 15.5 Å². The van der Waals surface area contributed by atoms with Crippen LogP contribution in [-0.4, -0.2) is 79.2 Å². The Balaban J connectivity index is 1.42. The number of piperazine rings is 1. The van der Waals surface area contributed by atoms with Crippen molar-refractivity contribution in [2.24, 2.45) is 0 Å². The van der Waals surface area contributed by atoms with Crippen molar-refractivity contribution in [1.82, 2.24) is 10.2 Å². The molecule has 2 saturated heterocycles. The average Bonchev–Trinajstić information content (AvgIpc) is 2.93. The average molecular weight is 527 g/mol. The summed E-state index contributed by atoms with van der Waals surface area (Å²) in [6.07, 6.45) is 0.491. The van der Waals surface area contributed by atoms with Gasteiger partial charge in [0, 0.05) is 57.3 Å². The van der Waals surface area contributed by atoms with Crippen molar-refractivity contribution in [1.29, 1.82) is 0 Å². The lowest BCUT2D eigenvalue weighted by Gasteiger charge is -2.37. The van der Waals surface area contributed by atoms with Crippen LogP contribution in [0.3, 0.4) is 0 Å². The molecule has 0 aromatic heterocycles. The Morgan fingerprint density at radius 3 is 2.35 bits per heavy atom. The number of carbonyl (C=O) groups excluding carboxylic acids is 2. The van der Waals surface area contributed by atoms with Crippen molar-refractivity contribution in [3.8, 4) is 0 Å². The molecule has 2 heterocycles. The van der Waals surface area contributed by atoms with Crippen molar-refractivity contribution < 1.29 is 19.2 Å². The maximum absolute atomic E-state index is 12.9. The van der Waals surface area contributed by atoms with Gasteiger partial charge >= 0.3 is 0 Å². The summed E-state index contributed by atoms with van der Waals surface area (Å²) in [4.78, 5) is 42.0. The minimum atomic E-state index is -0.543. The fourth-order valence-electron chi connectivity index (χ4n) is 4.49.